The van der Waals surface area contributed by atoms with Gasteiger partial charge in [0.1, 0.15) is 0 Å². The van der Waals surface area contributed by atoms with Crippen LogP contribution in [-0.4, -0.2) is 38.7 Å². The largest absolute Gasteiger partial charge is 0.493 e. The first-order chi connectivity index (χ1) is 10.4. The molecule has 0 spiro atoms. The molecule has 0 aliphatic rings. The third kappa shape index (κ3) is 5.24. The minimum Gasteiger partial charge on any atom is -0.493 e. The van der Waals surface area contributed by atoms with Crippen LogP contribution in [0.3, 0.4) is 0 Å². The first kappa shape index (κ1) is 17.8. The number of carbonyl (C=O) groups is 3. The van der Waals surface area contributed by atoms with Gasteiger partial charge >= 0.3 is 12.0 Å². The van der Waals surface area contributed by atoms with E-state index in [1.165, 1.54) is 14.2 Å². The van der Waals surface area contributed by atoms with Crippen molar-refractivity contribution in [1.29, 1.82) is 0 Å². The zero-order valence-corrected chi connectivity index (χ0v) is 13.6. The van der Waals surface area contributed by atoms with Gasteiger partial charge in [-0.3, -0.25) is 14.9 Å². The summed E-state index contributed by atoms with van der Waals surface area (Å²) in [6.45, 7) is -0.591. The number of hydrogen-bond acceptors (Lipinski definition) is 6. The quantitative estimate of drug-likeness (QED) is 0.709. The fourth-order valence-corrected chi connectivity index (χ4v) is 2.02. The van der Waals surface area contributed by atoms with Gasteiger partial charge < -0.3 is 19.9 Å². The van der Waals surface area contributed by atoms with E-state index in [1.54, 1.807) is 17.4 Å². The van der Waals surface area contributed by atoms with Crippen molar-refractivity contribution in [2.24, 2.45) is 5.73 Å². The van der Waals surface area contributed by atoms with E-state index in [-0.39, 0.29) is 6.42 Å². The molecule has 8 nitrogen and oxygen atoms in total. The Labute approximate surface area is 135 Å². The number of carbonyl (C=O) groups excluding carboxylic acids is 3. The first-order valence-electron chi connectivity index (χ1n) is 6.02. The van der Waals surface area contributed by atoms with Crippen molar-refractivity contribution in [2.75, 3.05) is 20.8 Å². The van der Waals surface area contributed by atoms with E-state index in [0.29, 0.717) is 21.5 Å². The number of nitrogens with two attached hydrogens (primary N) is 1. The third-order valence-corrected chi connectivity index (χ3v) is 3.25. The summed E-state index contributed by atoms with van der Waals surface area (Å²) < 4.78 is 15.6. The van der Waals surface area contributed by atoms with Gasteiger partial charge in [-0.05, 0) is 17.7 Å². The molecule has 0 saturated heterocycles. The number of amides is 3. The SMILES string of the molecule is COc1cc(Br)c(CC(=O)OCC(=O)NC(N)=O)cc1OC. The van der Waals surface area contributed by atoms with Crippen LogP contribution < -0.4 is 20.5 Å². The van der Waals surface area contributed by atoms with Crippen LogP contribution >= 0.6 is 15.9 Å². The first-order valence-corrected chi connectivity index (χ1v) is 6.82. The summed E-state index contributed by atoms with van der Waals surface area (Å²) in [6.07, 6.45) is -0.0925. The molecule has 0 aromatic heterocycles. The Hall–Kier alpha value is -2.29. The summed E-state index contributed by atoms with van der Waals surface area (Å²) in [7, 11) is 2.97. The number of halogens is 1. The van der Waals surface area contributed by atoms with Crippen molar-refractivity contribution in [2.45, 2.75) is 6.42 Å². The average molecular weight is 375 g/mol. The summed E-state index contributed by atoms with van der Waals surface area (Å²) in [4.78, 5) is 33.3. The molecule has 3 N–H and O–H groups in total. The van der Waals surface area contributed by atoms with Crippen LogP contribution in [0.1, 0.15) is 5.56 Å². The highest BCUT2D eigenvalue weighted by molar-refractivity contribution is 9.10. The Bertz CT molecular complexity index is 590. The van der Waals surface area contributed by atoms with Gasteiger partial charge in [0.15, 0.2) is 18.1 Å². The van der Waals surface area contributed by atoms with E-state index in [2.05, 4.69) is 15.9 Å². The molecule has 0 unspecified atom stereocenters. The number of nitrogens with one attached hydrogen (secondary N) is 1. The number of benzene rings is 1. The van der Waals surface area contributed by atoms with Crippen LogP contribution in [0.2, 0.25) is 0 Å². The van der Waals surface area contributed by atoms with Crippen LogP contribution in [-0.2, 0) is 20.7 Å². The normalized spacial score (nSPS) is 9.77. The van der Waals surface area contributed by atoms with Crippen LogP contribution in [0.15, 0.2) is 16.6 Å². The third-order valence-electron chi connectivity index (χ3n) is 2.51. The van der Waals surface area contributed by atoms with E-state index in [4.69, 9.17) is 19.9 Å². The molecule has 1 rings (SSSR count). The lowest BCUT2D eigenvalue weighted by Crippen LogP contribution is -2.37. The number of primary amides is 1. The summed E-state index contributed by atoms with van der Waals surface area (Å²) >= 11 is 3.31. The standard InChI is InChI=1S/C13H15BrN2O6/c1-20-9-3-7(8(14)5-10(9)21-2)4-12(18)22-6-11(17)16-13(15)19/h3,5H,4,6H2,1-2H3,(H3,15,16,17,19). The van der Waals surface area contributed by atoms with Gasteiger partial charge in [-0.15, -0.1) is 0 Å². The smallest absolute Gasteiger partial charge is 0.318 e. The highest BCUT2D eigenvalue weighted by Gasteiger charge is 2.15. The Morgan fingerprint density at radius 2 is 1.77 bits per heavy atom. The predicted molar refractivity (Wildman–Crippen MR) is 79.6 cm³/mol. The molecule has 0 bridgehead atoms. The van der Waals surface area contributed by atoms with Crippen molar-refractivity contribution in [3.05, 3.63) is 22.2 Å². The molecular weight excluding hydrogens is 360 g/mol. The zero-order valence-electron chi connectivity index (χ0n) is 12.0. The second-order valence-corrected chi connectivity index (χ2v) is 4.90. The van der Waals surface area contributed by atoms with Gasteiger partial charge in [0.25, 0.3) is 5.91 Å². The molecule has 9 heteroatoms. The van der Waals surface area contributed by atoms with Gasteiger partial charge in [-0.2, -0.15) is 0 Å². The van der Waals surface area contributed by atoms with Crippen LogP contribution in [0.4, 0.5) is 4.79 Å². The maximum atomic E-state index is 11.7. The summed E-state index contributed by atoms with van der Waals surface area (Å²) in [5.74, 6) is -0.480. The maximum Gasteiger partial charge on any atom is 0.318 e. The molecule has 0 atom stereocenters. The minimum absolute atomic E-state index is 0.0925. The lowest BCUT2D eigenvalue weighted by molar-refractivity contribution is -0.147. The molecular formula is C13H15BrN2O6. The van der Waals surface area contributed by atoms with E-state index >= 15 is 0 Å². The van der Waals surface area contributed by atoms with Gasteiger partial charge in [0.2, 0.25) is 0 Å². The fraction of sp³-hybridized carbons (Fsp3) is 0.308. The molecule has 0 saturated carbocycles. The van der Waals surface area contributed by atoms with Crippen molar-refractivity contribution >= 4 is 33.8 Å². The topological polar surface area (TPSA) is 117 Å². The second-order valence-electron chi connectivity index (χ2n) is 4.05. The monoisotopic (exact) mass is 374 g/mol. The average Bonchev–Trinajstić information content (AvgIpc) is 2.46. The second kappa shape index (κ2) is 8.23. The summed E-state index contributed by atoms with van der Waals surface area (Å²) in [6, 6.07) is 2.26. The van der Waals surface area contributed by atoms with Crippen molar-refractivity contribution in [3.63, 3.8) is 0 Å². The number of esters is 1. The molecule has 3 amide bonds. The molecule has 0 heterocycles. The zero-order chi connectivity index (χ0) is 16.7. The van der Waals surface area contributed by atoms with Crippen molar-refractivity contribution in [1.82, 2.24) is 5.32 Å². The van der Waals surface area contributed by atoms with E-state index in [0.717, 1.165) is 0 Å². The number of rotatable bonds is 6. The van der Waals surface area contributed by atoms with Crippen molar-refractivity contribution in [3.8, 4) is 11.5 Å². The van der Waals surface area contributed by atoms with Gasteiger partial charge in [-0.1, -0.05) is 15.9 Å². The molecule has 1 aromatic rings. The summed E-state index contributed by atoms with van der Waals surface area (Å²) in [5, 5.41) is 1.78. The number of methoxy groups -OCH3 is 2. The fourth-order valence-electron chi connectivity index (χ4n) is 1.56. The van der Waals surface area contributed by atoms with E-state index in [9.17, 15) is 14.4 Å². The van der Waals surface area contributed by atoms with Gasteiger partial charge in [-0.25, -0.2) is 4.79 Å². The molecule has 0 aliphatic heterocycles. The Morgan fingerprint density at radius 3 is 2.32 bits per heavy atom. The Morgan fingerprint density at radius 1 is 1.18 bits per heavy atom. The molecule has 22 heavy (non-hydrogen) atoms. The molecule has 1 aromatic carbocycles. The molecule has 120 valence electrons. The number of imide groups is 1. The number of urea groups is 1. The maximum absolute atomic E-state index is 11.7. The Balaban J connectivity index is 2.68. The highest BCUT2D eigenvalue weighted by atomic mass is 79.9. The van der Waals surface area contributed by atoms with Gasteiger partial charge in [0.05, 0.1) is 20.6 Å². The Kier molecular flexibility index (Phi) is 6.64. The van der Waals surface area contributed by atoms with E-state index in [1.807, 2.05) is 0 Å². The minimum atomic E-state index is -1.01. The highest BCUT2D eigenvalue weighted by Crippen LogP contribution is 2.33. The van der Waals surface area contributed by atoms with Crippen molar-refractivity contribution < 1.29 is 28.6 Å². The predicted octanol–water partition coefficient (Wildman–Crippen LogP) is 0.747. The molecule has 0 fully saturated rings. The van der Waals surface area contributed by atoms with Gasteiger partial charge in [0, 0.05) is 4.47 Å². The molecule has 0 radical (unpaired) electrons. The van der Waals surface area contributed by atoms with Crippen LogP contribution in [0.25, 0.3) is 0 Å². The lowest BCUT2D eigenvalue weighted by atomic mass is 10.1. The summed E-state index contributed by atoms with van der Waals surface area (Å²) in [5.41, 5.74) is 5.35. The lowest BCUT2D eigenvalue weighted by Gasteiger charge is -2.11. The number of hydrogen-bond donors (Lipinski definition) is 2. The van der Waals surface area contributed by atoms with Crippen LogP contribution in [0.5, 0.6) is 11.5 Å². The van der Waals surface area contributed by atoms with E-state index < -0.39 is 24.5 Å². The van der Waals surface area contributed by atoms with Crippen LogP contribution in [0, 0.1) is 0 Å². The molecule has 0 aliphatic carbocycles. The number of ether oxygens (including phenoxy) is 3.